The van der Waals surface area contributed by atoms with Crippen LogP contribution < -0.4 is 10.5 Å². The van der Waals surface area contributed by atoms with E-state index in [0.29, 0.717) is 6.04 Å². The van der Waals surface area contributed by atoms with E-state index in [0.717, 1.165) is 29.3 Å². The Balaban J connectivity index is 2.09. The number of hydrogen-bond donors (Lipinski definition) is 1. The van der Waals surface area contributed by atoms with Gasteiger partial charge in [-0.05, 0) is 38.1 Å². The lowest BCUT2D eigenvalue weighted by atomic mass is 9.90. The molecular formula is C15H23ClN2O. The summed E-state index contributed by atoms with van der Waals surface area (Å²) in [6, 6.07) is 6.50. The SMILES string of the molecule is COc1ccc(Cl)cc1CN(C)C1CCCCC1N. The van der Waals surface area contributed by atoms with E-state index in [1.165, 1.54) is 19.3 Å². The van der Waals surface area contributed by atoms with E-state index in [1.54, 1.807) is 7.11 Å². The largest absolute Gasteiger partial charge is 0.496 e. The lowest BCUT2D eigenvalue weighted by Crippen LogP contribution is -2.47. The van der Waals surface area contributed by atoms with Crippen LogP contribution in [-0.2, 0) is 6.54 Å². The molecule has 0 saturated heterocycles. The summed E-state index contributed by atoms with van der Waals surface area (Å²) < 4.78 is 5.40. The molecule has 2 atom stereocenters. The maximum atomic E-state index is 6.24. The number of ether oxygens (including phenoxy) is 1. The monoisotopic (exact) mass is 282 g/mol. The summed E-state index contributed by atoms with van der Waals surface area (Å²) in [6.45, 7) is 0.822. The topological polar surface area (TPSA) is 38.5 Å². The number of rotatable bonds is 4. The van der Waals surface area contributed by atoms with Crippen LogP contribution in [0, 0.1) is 0 Å². The fraction of sp³-hybridized carbons (Fsp3) is 0.600. The molecule has 1 fully saturated rings. The smallest absolute Gasteiger partial charge is 0.123 e. The molecule has 0 heterocycles. The highest BCUT2D eigenvalue weighted by atomic mass is 35.5. The summed E-state index contributed by atoms with van der Waals surface area (Å²) in [7, 11) is 3.83. The molecule has 1 saturated carbocycles. The van der Waals surface area contributed by atoms with E-state index in [1.807, 2.05) is 18.2 Å². The van der Waals surface area contributed by atoms with Crippen molar-refractivity contribution in [3.8, 4) is 5.75 Å². The number of methoxy groups -OCH3 is 1. The van der Waals surface area contributed by atoms with Crippen LogP contribution in [0.25, 0.3) is 0 Å². The predicted octanol–water partition coefficient (Wildman–Crippen LogP) is 3.05. The van der Waals surface area contributed by atoms with Crippen molar-refractivity contribution in [3.63, 3.8) is 0 Å². The van der Waals surface area contributed by atoms with Crippen LogP contribution in [0.15, 0.2) is 18.2 Å². The van der Waals surface area contributed by atoms with Crippen molar-refractivity contribution in [2.24, 2.45) is 5.73 Å². The standard InChI is InChI=1S/C15H23ClN2O/c1-18(14-6-4-3-5-13(14)17)10-11-9-12(16)7-8-15(11)19-2/h7-9,13-14H,3-6,10,17H2,1-2H3. The number of halogens is 1. The first-order chi connectivity index (χ1) is 9.11. The first-order valence-electron chi connectivity index (χ1n) is 6.90. The van der Waals surface area contributed by atoms with Crippen molar-refractivity contribution < 1.29 is 4.74 Å². The Morgan fingerprint density at radius 2 is 2.11 bits per heavy atom. The van der Waals surface area contributed by atoms with Crippen molar-refractivity contribution in [1.29, 1.82) is 0 Å². The van der Waals surface area contributed by atoms with Gasteiger partial charge in [0.05, 0.1) is 7.11 Å². The summed E-state index contributed by atoms with van der Waals surface area (Å²) in [4.78, 5) is 2.33. The minimum absolute atomic E-state index is 0.281. The van der Waals surface area contributed by atoms with Crippen LogP contribution in [-0.4, -0.2) is 31.1 Å². The van der Waals surface area contributed by atoms with Crippen molar-refractivity contribution in [2.75, 3.05) is 14.2 Å². The molecule has 4 heteroatoms. The fourth-order valence-corrected chi connectivity index (χ4v) is 3.14. The number of nitrogens with zero attached hydrogens (tertiary/aromatic N) is 1. The van der Waals surface area contributed by atoms with Crippen molar-refractivity contribution >= 4 is 11.6 Å². The van der Waals surface area contributed by atoms with E-state index in [9.17, 15) is 0 Å². The Hall–Kier alpha value is -0.770. The molecule has 106 valence electrons. The third-order valence-corrected chi connectivity index (χ3v) is 4.25. The van der Waals surface area contributed by atoms with Gasteiger partial charge in [0.2, 0.25) is 0 Å². The molecule has 1 aliphatic carbocycles. The van der Waals surface area contributed by atoms with Crippen molar-refractivity contribution in [1.82, 2.24) is 4.90 Å². The molecule has 2 unspecified atom stereocenters. The summed E-state index contributed by atoms with van der Waals surface area (Å²) in [5.41, 5.74) is 7.36. The molecule has 3 nitrogen and oxygen atoms in total. The van der Waals surface area contributed by atoms with Gasteiger partial charge in [-0.1, -0.05) is 24.4 Å². The normalized spacial score (nSPS) is 23.6. The second-order valence-corrected chi connectivity index (χ2v) is 5.82. The zero-order valence-electron chi connectivity index (χ0n) is 11.7. The average Bonchev–Trinajstić information content (AvgIpc) is 2.39. The molecule has 2 rings (SSSR count). The zero-order chi connectivity index (χ0) is 13.8. The summed E-state index contributed by atoms with van der Waals surface area (Å²) in [6.07, 6.45) is 4.84. The van der Waals surface area contributed by atoms with Gasteiger partial charge >= 0.3 is 0 Å². The van der Waals surface area contributed by atoms with Gasteiger partial charge in [-0.15, -0.1) is 0 Å². The van der Waals surface area contributed by atoms with Crippen molar-refractivity contribution in [2.45, 2.75) is 44.3 Å². The predicted molar refractivity (Wildman–Crippen MR) is 79.7 cm³/mol. The van der Waals surface area contributed by atoms with Crippen LogP contribution in [0.3, 0.4) is 0 Å². The highest BCUT2D eigenvalue weighted by Crippen LogP contribution is 2.27. The fourth-order valence-electron chi connectivity index (χ4n) is 2.94. The van der Waals surface area contributed by atoms with E-state index < -0.39 is 0 Å². The van der Waals surface area contributed by atoms with Crippen LogP contribution in [0.5, 0.6) is 5.75 Å². The average molecular weight is 283 g/mol. The molecule has 1 aromatic carbocycles. The van der Waals surface area contributed by atoms with Gasteiger partial charge < -0.3 is 10.5 Å². The molecule has 1 aromatic rings. The molecule has 0 radical (unpaired) electrons. The third kappa shape index (κ3) is 3.62. The summed E-state index contributed by atoms with van der Waals surface area (Å²) in [5, 5.41) is 0.747. The number of likely N-dealkylation sites (N-methyl/N-ethyl adjacent to an activating group) is 1. The minimum atomic E-state index is 0.281. The van der Waals surface area contributed by atoms with Crippen LogP contribution in [0.1, 0.15) is 31.2 Å². The molecule has 0 amide bonds. The van der Waals surface area contributed by atoms with Crippen LogP contribution in [0.2, 0.25) is 5.02 Å². The second-order valence-electron chi connectivity index (χ2n) is 5.39. The van der Waals surface area contributed by atoms with Gasteiger partial charge in [0.25, 0.3) is 0 Å². The van der Waals surface area contributed by atoms with E-state index in [2.05, 4.69) is 11.9 Å². The second kappa shape index (κ2) is 6.60. The lowest BCUT2D eigenvalue weighted by molar-refractivity contribution is 0.161. The first-order valence-corrected chi connectivity index (χ1v) is 7.28. The Bertz CT molecular complexity index is 425. The maximum Gasteiger partial charge on any atom is 0.123 e. The summed E-state index contributed by atoms with van der Waals surface area (Å²) in [5.74, 6) is 0.889. The van der Waals surface area contributed by atoms with Crippen molar-refractivity contribution in [3.05, 3.63) is 28.8 Å². The van der Waals surface area contributed by atoms with E-state index in [4.69, 9.17) is 22.1 Å². The van der Waals surface area contributed by atoms with Gasteiger partial charge in [0.1, 0.15) is 5.75 Å². The first kappa shape index (κ1) is 14.6. The van der Waals surface area contributed by atoms with Gasteiger partial charge in [0.15, 0.2) is 0 Å². The lowest BCUT2D eigenvalue weighted by Gasteiger charge is -2.36. The Morgan fingerprint density at radius 3 is 2.79 bits per heavy atom. The molecule has 0 aliphatic heterocycles. The minimum Gasteiger partial charge on any atom is -0.496 e. The highest BCUT2D eigenvalue weighted by Gasteiger charge is 2.25. The molecule has 0 spiro atoms. The summed E-state index contributed by atoms with van der Waals surface area (Å²) >= 11 is 6.07. The van der Waals surface area contributed by atoms with Gasteiger partial charge in [-0.3, -0.25) is 4.90 Å². The van der Waals surface area contributed by atoms with E-state index in [-0.39, 0.29) is 6.04 Å². The molecule has 0 aromatic heterocycles. The number of hydrogen-bond acceptors (Lipinski definition) is 3. The molecule has 2 N–H and O–H groups in total. The molecule has 1 aliphatic rings. The highest BCUT2D eigenvalue weighted by molar-refractivity contribution is 6.30. The zero-order valence-corrected chi connectivity index (χ0v) is 12.5. The maximum absolute atomic E-state index is 6.24. The van der Waals surface area contributed by atoms with Gasteiger partial charge in [-0.25, -0.2) is 0 Å². The van der Waals surface area contributed by atoms with Crippen LogP contribution in [0.4, 0.5) is 0 Å². The Morgan fingerprint density at radius 1 is 1.37 bits per heavy atom. The Kier molecular flexibility index (Phi) is 5.08. The van der Waals surface area contributed by atoms with E-state index >= 15 is 0 Å². The molecule has 0 bridgehead atoms. The molecular weight excluding hydrogens is 260 g/mol. The van der Waals surface area contributed by atoms with Gasteiger partial charge in [0, 0.05) is 29.2 Å². The number of benzene rings is 1. The van der Waals surface area contributed by atoms with Gasteiger partial charge in [-0.2, -0.15) is 0 Å². The number of nitrogens with two attached hydrogens (primary N) is 1. The molecule has 19 heavy (non-hydrogen) atoms. The Labute approximate surface area is 120 Å². The third-order valence-electron chi connectivity index (χ3n) is 4.01. The quantitative estimate of drug-likeness (QED) is 0.922. The van der Waals surface area contributed by atoms with Crippen LogP contribution >= 0.6 is 11.6 Å².